The molecule has 0 radical (unpaired) electrons. The Labute approximate surface area is 158 Å². The normalized spacial score (nSPS) is 10.3. The Hall–Kier alpha value is -3.52. The van der Waals surface area contributed by atoms with Crippen molar-refractivity contribution in [1.29, 1.82) is 0 Å². The van der Waals surface area contributed by atoms with Crippen molar-refractivity contribution in [3.63, 3.8) is 0 Å². The van der Waals surface area contributed by atoms with Crippen molar-refractivity contribution in [2.24, 2.45) is 0 Å². The molecule has 0 bridgehead atoms. The summed E-state index contributed by atoms with van der Waals surface area (Å²) in [7, 11) is 1.50. The van der Waals surface area contributed by atoms with Crippen molar-refractivity contribution >= 4 is 28.9 Å². The minimum atomic E-state index is -0.637. The first-order valence-electron chi connectivity index (χ1n) is 7.71. The van der Waals surface area contributed by atoms with Crippen LogP contribution >= 0.6 is 11.6 Å². The van der Waals surface area contributed by atoms with Gasteiger partial charge in [0.15, 0.2) is 0 Å². The van der Waals surface area contributed by atoms with Crippen LogP contribution in [0, 0.1) is 10.1 Å². The van der Waals surface area contributed by atoms with E-state index in [1.54, 1.807) is 30.3 Å². The van der Waals surface area contributed by atoms with E-state index in [-0.39, 0.29) is 16.3 Å². The van der Waals surface area contributed by atoms with E-state index < -0.39 is 10.8 Å². The van der Waals surface area contributed by atoms with Crippen molar-refractivity contribution in [2.75, 3.05) is 12.4 Å². The molecule has 0 spiro atoms. The highest BCUT2D eigenvalue weighted by molar-refractivity contribution is 6.32. The summed E-state index contributed by atoms with van der Waals surface area (Å²) in [6.45, 7) is 0. The molecule has 3 rings (SSSR count). The molecule has 0 fully saturated rings. The van der Waals surface area contributed by atoms with Crippen molar-refractivity contribution < 1.29 is 14.5 Å². The molecule has 0 aliphatic heterocycles. The Morgan fingerprint density at radius 2 is 1.96 bits per heavy atom. The lowest BCUT2D eigenvalue weighted by Gasteiger charge is -2.08. The summed E-state index contributed by atoms with van der Waals surface area (Å²) in [6.07, 6.45) is 0. The van der Waals surface area contributed by atoms with Gasteiger partial charge < -0.3 is 10.1 Å². The number of methoxy groups -OCH3 is 1. The summed E-state index contributed by atoms with van der Waals surface area (Å²) in [5.74, 6) is -0.0970. The number of halogens is 1. The van der Waals surface area contributed by atoms with Crippen LogP contribution in [0.3, 0.4) is 0 Å². The number of nitro benzene ring substituents is 1. The van der Waals surface area contributed by atoms with Crippen molar-refractivity contribution in [2.45, 2.75) is 0 Å². The number of hydrogen-bond acceptors (Lipinski definition) is 6. The minimum Gasteiger partial charge on any atom is -0.480 e. The van der Waals surface area contributed by atoms with E-state index in [0.29, 0.717) is 17.3 Å². The molecule has 2 aromatic carbocycles. The Kier molecular flexibility index (Phi) is 5.28. The molecule has 0 saturated carbocycles. The SMILES string of the molecule is COc1ccc(-c2cccc(NC(=O)c3ccc(Cl)c([N+](=O)[O-])c3)c2)nn1. The van der Waals surface area contributed by atoms with Gasteiger partial charge in [-0.05, 0) is 30.3 Å². The predicted molar refractivity (Wildman–Crippen MR) is 100 cm³/mol. The number of hydrogen-bond donors (Lipinski definition) is 1. The highest BCUT2D eigenvalue weighted by Crippen LogP contribution is 2.26. The summed E-state index contributed by atoms with van der Waals surface area (Å²) in [6, 6.07) is 14.3. The minimum absolute atomic E-state index is 0.0309. The van der Waals surface area contributed by atoms with Gasteiger partial charge in [-0.1, -0.05) is 23.7 Å². The second kappa shape index (κ2) is 7.79. The van der Waals surface area contributed by atoms with Crippen molar-refractivity contribution in [3.05, 3.63) is 75.3 Å². The van der Waals surface area contributed by atoms with E-state index in [1.165, 1.54) is 19.2 Å². The fourth-order valence-electron chi connectivity index (χ4n) is 2.34. The number of nitrogens with zero attached hydrogens (tertiary/aromatic N) is 3. The van der Waals surface area contributed by atoms with Crippen molar-refractivity contribution in [3.8, 4) is 17.1 Å². The van der Waals surface area contributed by atoms with Gasteiger partial charge in [0.05, 0.1) is 17.7 Å². The largest absolute Gasteiger partial charge is 0.480 e. The number of nitrogens with one attached hydrogen (secondary N) is 1. The highest BCUT2D eigenvalue weighted by Gasteiger charge is 2.16. The third kappa shape index (κ3) is 4.18. The first-order chi connectivity index (χ1) is 13.0. The molecule has 0 aliphatic carbocycles. The van der Waals surface area contributed by atoms with E-state index in [0.717, 1.165) is 11.6 Å². The van der Waals surface area contributed by atoms with Gasteiger partial charge >= 0.3 is 0 Å². The molecule has 0 saturated heterocycles. The predicted octanol–water partition coefficient (Wildman–Crippen LogP) is 3.97. The average molecular weight is 385 g/mol. The monoisotopic (exact) mass is 384 g/mol. The summed E-state index contributed by atoms with van der Waals surface area (Å²) >= 11 is 5.77. The van der Waals surface area contributed by atoms with Crippen LogP contribution in [0.4, 0.5) is 11.4 Å². The Bertz CT molecular complexity index is 1010. The third-order valence-electron chi connectivity index (χ3n) is 3.67. The van der Waals surface area contributed by atoms with Gasteiger partial charge in [0.2, 0.25) is 5.88 Å². The molecule has 0 unspecified atom stereocenters. The zero-order valence-corrected chi connectivity index (χ0v) is 14.8. The molecule has 8 nitrogen and oxygen atoms in total. The number of aromatic nitrogens is 2. The van der Waals surface area contributed by atoms with Crippen LogP contribution in [0.25, 0.3) is 11.3 Å². The summed E-state index contributed by atoms with van der Waals surface area (Å²) < 4.78 is 4.98. The second-order valence-electron chi connectivity index (χ2n) is 5.42. The van der Waals surface area contributed by atoms with Gasteiger partial charge in [0.25, 0.3) is 11.6 Å². The Morgan fingerprint density at radius 3 is 2.63 bits per heavy atom. The van der Waals surface area contributed by atoms with Gasteiger partial charge in [-0.15, -0.1) is 10.2 Å². The molecule has 0 aliphatic rings. The lowest BCUT2D eigenvalue weighted by atomic mass is 10.1. The molecule has 1 amide bonds. The number of rotatable bonds is 5. The van der Waals surface area contributed by atoms with Gasteiger partial charge in [-0.25, -0.2) is 0 Å². The molecule has 27 heavy (non-hydrogen) atoms. The third-order valence-corrected chi connectivity index (χ3v) is 3.99. The number of ether oxygens (including phenoxy) is 1. The lowest BCUT2D eigenvalue weighted by Crippen LogP contribution is -2.12. The quantitative estimate of drug-likeness (QED) is 0.526. The Balaban J connectivity index is 1.82. The maximum absolute atomic E-state index is 12.4. The van der Waals surface area contributed by atoms with Gasteiger partial charge in [-0.2, -0.15) is 0 Å². The van der Waals surface area contributed by atoms with Gasteiger partial charge in [-0.3, -0.25) is 14.9 Å². The topological polar surface area (TPSA) is 107 Å². The van der Waals surface area contributed by atoms with Crippen LogP contribution in [0.15, 0.2) is 54.6 Å². The molecule has 3 aromatic rings. The molecule has 1 aromatic heterocycles. The number of amides is 1. The first-order valence-corrected chi connectivity index (χ1v) is 8.09. The standard InChI is InChI=1S/C18H13ClN4O4/c1-27-17-8-7-15(21-22-17)11-3-2-4-13(9-11)20-18(24)12-5-6-14(19)16(10-12)23(25)26/h2-10H,1H3,(H,20,24). The fraction of sp³-hybridized carbons (Fsp3) is 0.0556. The average Bonchev–Trinajstić information content (AvgIpc) is 2.68. The molecule has 0 atom stereocenters. The maximum atomic E-state index is 12.4. The first kappa shape index (κ1) is 18.3. The summed E-state index contributed by atoms with van der Waals surface area (Å²) in [5, 5.41) is 21.6. The van der Waals surface area contributed by atoms with Gasteiger partial charge in [0, 0.05) is 28.9 Å². The Morgan fingerprint density at radius 1 is 1.15 bits per heavy atom. The number of carbonyl (C=O) groups is 1. The van der Waals surface area contributed by atoms with Crippen LogP contribution in [0.5, 0.6) is 5.88 Å². The van der Waals surface area contributed by atoms with E-state index >= 15 is 0 Å². The zero-order valence-electron chi connectivity index (χ0n) is 14.0. The molecule has 1 heterocycles. The van der Waals surface area contributed by atoms with Crippen LogP contribution in [0.2, 0.25) is 5.02 Å². The van der Waals surface area contributed by atoms with E-state index in [1.807, 2.05) is 6.07 Å². The molecular formula is C18H13ClN4O4. The number of carbonyl (C=O) groups excluding carboxylic acids is 1. The van der Waals surface area contributed by atoms with Gasteiger partial charge in [0.1, 0.15) is 5.02 Å². The van der Waals surface area contributed by atoms with E-state index in [9.17, 15) is 14.9 Å². The van der Waals surface area contributed by atoms with Crippen LogP contribution < -0.4 is 10.1 Å². The number of anilines is 1. The zero-order chi connectivity index (χ0) is 19.4. The van der Waals surface area contributed by atoms with Crippen LogP contribution in [0.1, 0.15) is 10.4 Å². The van der Waals surface area contributed by atoms with E-state index in [2.05, 4.69) is 15.5 Å². The van der Waals surface area contributed by atoms with E-state index in [4.69, 9.17) is 16.3 Å². The van der Waals surface area contributed by atoms with Crippen LogP contribution in [-0.4, -0.2) is 28.1 Å². The summed E-state index contributed by atoms with van der Waals surface area (Å²) in [4.78, 5) is 22.7. The molecular weight excluding hydrogens is 372 g/mol. The molecule has 1 N–H and O–H groups in total. The smallest absolute Gasteiger partial charge is 0.288 e. The maximum Gasteiger partial charge on any atom is 0.288 e. The lowest BCUT2D eigenvalue weighted by molar-refractivity contribution is -0.384. The van der Waals surface area contributed by atoms with Crippen molar-refractivity contribution in [1.82, 2.24) is 10.2 Å². The number of nitro groups is 1. The summed E-state index contributed by atoms with van der Waals surface area (Å²) in [5.41, 5.74) is 1.65. The molecule has 9 heteroatoms. The molecule has 136 valence electrons. The second-order valence-corrected chi connectivity index (χ2v) is 5.83. The highest BCUT2D eigenvalue weighted by atomic mass is 35.5. The fourth-order valence-corrected chi connectivity index (χ4v) is 2.52. The van der Waals surface area contributed by atoms with Crippen LogP contribution in [-0.2, 0) is 0 Å². The number of benzene rings is 2.